The molecule has 0 bridgehead atoms. The normalized spacial score (nSPS) is 11.1. The first-order chi connectivity index (χ1) is 13.0. The number of carbonyl (C=O) groups is 2. The van der Waals surface area contributed by atoms with Crippen LogP contribution in [-0.4, -0.2) is 34.4 Å². The minimum atomic E-state index is -0.491. The molecule has 0 atom stereocenters. The summed E-state index contributed by atoms with van der Waals surface area (Å²) in [6.07, 6.45) is 1.74. The van der Waals surface area contributed by atoms with Crippen LogP contribution >= 0.6 is 0 Å². The Morgan fingerprint density at radius 1 is 1.04 bits per heavy atom. The van der Waals surface area contributed by atoms with E-state index < -0.39 is 5.91 Å². The Morgan fingerprint density at radius 3 is 2.48 bits per heavy atom. The van der Waals surface area contributed by atoms with E-state index >= 15 is 0 Å². The number of furan rings is 1. The van der Waals surface area contributed by atoms with Crippen molar-refractivity contribution in [2.45, 2.75) is 20.4 Å². The molecule has 2 N–H and O–H groups in total. The number of nitrogens with one attached hydrogen (secondary N) is 2. The number of benzene rings is 1. The van der Waals surface area contributed by atoms with Crippen molar-refractivity contribution in [3.05, 3.63) is 59.7 Å². The van der Waals surface area contributed by atoms with E-state index in [1.807, 2.05) is 35.9 Å². The Kier molecular flexibility index (Phi) is 5.61. The van der Waals surface area contributed by atoms with Gasteiger partial charge in [0.05, 0.1) is 12.1 Å². The van der Waals surface area contributed by atoms with E-state index in [-0.39, 0.29) is 11.7 Å². The van der Waals surface area contributed by atoms with Crippen molar-refractivity contribution < 1.29 is 14.0 Å². The van der Waals surface area contributed by atoms with Crippen LogP contribution in [0.1, 0.15) is 40.5 Å². The number of aryl methyl sites for hydroxylation is 1. The zero-order valence-corrected chi connectivity index (χ0v) is 15.8. The van der Waals surface area contributed by atoms with Gasteiger partial charge in [0.1, 0.15) is 5.76 Å². The molecule has 1 aromatic carbocycles. The third kappa shape index (κ3) is 4.03. The third-order valence-electron chi connectivity index (χ3n) is 4.59. The standard InChI is InChI=1S/C20H24N4O3/c1-4-24(5-2)12-14-10-11-18(27-14)20(26)22-21-19(25)16-13-23(3)17-9-7-6-8-15(16)17/h6-11,13H,4-5,12H2,1-3H3,(H,21,25)(H,22,26). The highest BCUT2D eigenvalue weighted by molar-refractivity contribution is 6.07. The minimum Gasteiger partial charge on any atom is -0.454 e. The van der Waals surface area contributed by atoms with E-state index in [2.05, 4.69) is 29.6 Å². The van der Waals surface area contributed by atoms with Gasteiger partial charge in [0.25, 0.3) is 5.91 Å². The topological polar surface area (TPSA) is 79.5 Å². The molecule has 0 aliphatic rings. The fraction of sp³-hybridized carbons (Fsp3) is 0.300. The predicted octanol–water partition coefficient (Wildman–Crippen LogP) is 2.69. The maximum atomic E-state index is 12.5. The zero-order valence-electron chi connectivity index (χ0n) is 15.8. The third-order valence-corrected chi connectivity index (χ3v) is 4.59. The van der Waals surface area contributed by atoms with Gasteiger partial charge in [-0.25, -0.2) is 0 Å². The maximum Gasteiger partial charge on any atom is 0.305 e. The maximum absolute atomic E-state index is 12.5. The Balaban J connectivity index is 1.63. The molecule has 0 saturated carbocycles. The van der Waals surface area contributed by atoms with Crippen LogP contribution in [0.15, 0.2) is 47.0 Å². The van der Waals surface area contributed by atoms with Gasteiger partial charge in [-0.3, -0.25) is 25.3 Å². The molecule has 0 aliphatic heterocycles. The molecule has 2 heterocycles. The molecule has 0 spiro atoms. The van der Waals surface area contributed by atoms with Crippen molar-refractivity contribution in [3.8, 4) is 0 Å². The van der Waals surface area contributed by atoms with E-state index in [9.17, 15) is 9.59 Å². The van der Waals surface area contributed by atoms with E-state index in [0.29, 0.717) is 17.9 Å². The lowest BCUT2D eigenvalue weighted by molar-refractivity contribution is 0.0829. The summed E-state index contributed by atoms with van der Waals surface area (Å²) in [7, 11) is 1.87. The van der Waals surface area contributed by atoms with Gasteiger partial charge in [-0.15, -0.1) is 0 Å². The summed E-state index contributed by atoms with van der Waals surface area (Å²) >= 11 is 0. The highest BCUT2D eigenvalue weighted by Crippen LogP contribution is 2.20. The zero-order chi connectivity index (χ0) is 19.4. The molecule has 3 aromatic rings. The largest absolute Gasteiger partial charge is 0.454 e. The van der Waals surface area contributed by atoms with E-state index in [4.69, 9.17) is 4.42 Å². The summed E-state index contributed by atoms with van der Waals surface area (Å²) in [6.45, 7) is 6.59. The second-order valence-corrected chi connectivity index (χ2v) is 6.31. The van der Waals surface area contributed by atoms with Crippen LogP contribution in [0.5, 0.6) is 0 Å². The Hall–Kier alpha value is -3.06. The Bertz CT molecular complexity index is 953. The minimum absolute atomic E-state index is 0.162. The van der Waals surface area contributed by atoms with E-state index in [1.54, 1.807) is 18.3 Å². The number of carbonyl (C=O) groups excluding carboxylic acids is 2. The molecule has 2 aromatic heterocycles. The Morgan fingerprint density at radius 2 is 1.74 bits per heavy atom. The van der Waals surface area contributed by atoms with Crippen molar-refractivity contribution in [2.75, 3.05) is 13.1 Å². The van der Waals surface area contributed by atoms with Gasteiger partial charge in [-0.2, -0.15) is 0 Å². The van der Waals surface area contributed by atoms with Gasteiger partial charge >= 0.3 is 5.91 Å². The molecular formula is C20H24N4O3. The Labute approximate surface area is 157 Å². The molecule has 7 nitrogen and oxygen atoms in total. The molecule has 27 heavy (non-hydrogen) atoms. The number of hydrazine groups is 1. The lowest BCUT2D eigenvalue weighted by atomic mass is 10.2. The van der Waals surface area contributed by atoms with Gasteiger partial charge in [-0.1, -0.05) is 32.0 Å². The smallest absolute Gasteiger partial charge is 0.305 e. The van der Waals surface area contributed by atoms with E-state index in [1.165, 1.54) is 0 Å². The van der Waals surface area contributed by atoms with E-state index in [0.717, 1.165) is 24.0 Å². The molecule has 3 rings (SSSR count). The number of amides is 2. The number of hydrogen-bond donors (Lipinski definition) is 2. The summed E-state index contributed by atoms with van der Waals surface area (Å²) < 4.78 is 7.46. The number of rotatable bonds is 6. The van der Waals surface area contributed by atoms with Crippen molar-refractivity contribution in [3.63, 3.8) is 0 Å². The molecule has 142 valence electrons. The molecular weight excluding hydrogens is 344 g/mol. The van der Waals surface area contributed by atoms with Crippen molar-refractivity contribution in [2.24, 2.45) is 7.05 Å². The summed E-state index contributed by atoms with van der Waals surface area (Å²) in [4.78, 5) is 26.9. The van der Waals surface area contributed by atoms with Gasteiger partial charge in [0.15, 0.2) is 5.76 Å². The molecule has 0 saturated heterocycles. The first-order valence-corrected chi connectivity index (χ1v) is 8.99. The molecule has 0 unspecified atom stereocenters. The molecule has 7 heteroatoms. The van der Waals surface area contributed by atoms with Crippen LogP contribution in [0.3, 0.4) is 0 Å². The molecule has 0 fully saturated rings. The van der Waals surface area contributed by atoms with Crippen LogP contribution < -0.4 is 10.9 Å². The number of hydrogen-bond acceptors (Lipinski definition) is 4. The first-order valence-electron chi connectivity index (χ1n) is 8.99. The van der Waals surface area contributed by atoms with Gasteiger partial charge in [0.2, 0.25) is 0 Å². The quantitative estimate of drug-likeness (QED) is 0.656. The average molecular weight is 368 g/mol. The van der Waals surface area contributed by atoms with Crippen molar-refractivity contribution in [1.82, 2.24) is 20.3 Å². The molecule has 0 aliphatic carbocycles. The molecule has 2 amide bonds. The highest BCUT2D eigenvalue weighted by Gasteiger charge is 2.16. The first kappa shape index (κ1) is 18.7. The van der Waals surface area contributed by atoms with Crippen LogP contribution in [-0.2, 0) is 13.6 Å². The average Bonchev–Trinajstić information content (AvgIpc) is 3.29. The highest BCUT2D eigenvalue weighted by atomic mass is 16.4. The summed E-state index contributed by atoms with van der Waals surface area (Å²) in [5.41, 5.74) is 6.30. The number of nitrogens with zero attached hydrogens (tertiary/aromatic N) is 2. The van der Waals surface area contributed by atoms with Crippen LogP contribution in [0.4, 0.5) is 0 Å². The SMILES string of the molecule is CCN(CC)Cc1ccc(C(=O)NNC(=O)c2cn(C)c3ccccc23)o1. The lowest BCUT2D eigenvalue weighted by Gasteiger charge is -2.15. The number of para-hydroxylation sites is 1. The van der Waals surface area contributed by atoms with Crippen LogP contribution in [0.25, 0.3) is 10.9 Å². The fourth-order valence-electron chi connectivity index (χ4n) is 3.02. The summed E-state index contributed by atoms with van der Waals surface area (Å²) in [5.74, 6) is 0.00376. The van der Waals surface area contributed by atoms with Crippen molar-refractivity contribution in [1.29, 1.82) is 0 Å². The van der Waals surface area contributed by atoms with Crippen LogP contribution in [0.2, 0.25) is 0 Å². The van der Waals surface area contributed by atoms with Gasteiger partial charge < -0.3 is 8.98 Å². The summed E-state index contributed by atoms with van der Waals surface area (Å²) in [6, 6.07) is 11.0. The monoisotopic (exact) mass is 368 g/mol. The predicted molar refractivity (Wildman–Crippen MR) is 103 cm³/mol. The lowest BCUT2D eigenvalue weighted by Crippen LogP contribution is -2.41. The van der Waals surface area contributed by atoms with Crippen molar-refractivity contribution >= 4 is 22.7 Å². The van der Waals surface area contributed by atoms with Gasteiger partial charge in [0, 0.05) is 24.1 Å². The second-order valence-electron chi connectivity index (χ2n) is 6.31. The second kappa shape index (κ2) is 8.09. The van der Waals surface area contributed by atoms with Gasteiger partial charge in [-0.05, 0) is 31.3 Å². The molecule has 0 radical (unpaired) electrons. The number of aromatic nitrogens is 1. The number of fused-ring (bicyclic) bond motifs is 1. The van der Waals surface area contributed by atoms with Crippen LogP contribution in [0, 0.1) is 0 Å². The fourth-order valence-corrected chi connectivity index (χ4v) is 3.02. The summed E-state index contributed by atoms with van der Waals surface area (Å²) in [5, 5.41) is 0.825.